The van der Waals surface area contributed by atoms with E-state index in [9.17, 15) is 4.79 Å². The first kappa shape index (κ1) is 21.9. The average molecular weight is 328 g/mol. The fraction of sp³-hybridized carbons (Fsp3) is 0.409. The highest BCUT2D eigenvalue weighted by Gasteiger charge is 1.90. The third-order valence-electron chi connectivity index (χ3n) is 3.12. The Kier molecular flexibility index (Phi) is 17.3. The van der Waals surface area contributed by atoms with Crippen molar-refractivity contribution in [3.8, 4) is 0 Å². The molecule has 0 amide bonds. The second kappa shape index (κ2) is 19.0. The van der Waals surface area contributed by atoms with Crippen molar-refractivity contribution in [3.63, 3.8) is 0 Å². The molecule has 0 rings (SSSR count). The van der Waals surface area contributed by atoms with Gasteiger partial charge in [0.25, 0.3) is 0 Å². The van der Waals surface area contributed by atoms with E-state index in [1.54, 1.807) is 0 Å². The lowest BCUT2D eigenvalue weighted by molar-refractivity contribution is -0.136. The van der Waals surface area contributed by atoms with Gasteiger partial charge in [0.2, 0.25) is 0 Å². The Morgan fingerprint density at radius 1 is 0.625 bits per heavy atom. The summed E-state index contributed by atoms with van der Waals surface area (Å²) in [4.78, 5) is 10.3. The topological polar surface area (TPSA) is 37.3 Å². The van der Waals surface area contributed by atoms with Crippen LogP contribution in [0.2, 0.25) is 0 Å². The van der Waals surface area contributed by atoms with Crippen molar-refractivity contribution in [1.29, 1.82) is 0 Å². The molecular weight excluding hydrogens is 296 g/mol. The van der Waals surface area contributed by atoms with Crippen LogP contribution in [0.25, 0.3) is 0 Å². The zero-order chi connectivity index (χ0) is 17.7. The Labute approximate surface area is 147 Å². The number of hydrogen-bond acceptors (Lipinski definition) is 1. The van der Waals surface area contributed by atoms with Crippen LogP contribution in [0.4, 0.5) is 0 Å². The zero-order valence-electron chi connectivity index (χ0n) is 14.9. The number of rotatable bonds is 14. The van der Waals surface area contributed by atoms with Crippen molar-refractivity contribution in [2.45, 2.75) is 58.3 Å². The molecule has 0 bridgehead atoms. The summed E-state index contributed by atoms with van der Waals surface area (Å²) >= 11 is 0. The van der Waals surface area contributed by atoms with Crippen molar-refractivity contribution in [2.24, 2.45) is 0 Å². The number of carbonyl (C=O) groups is 1. The fourth-order valence-corrected chi connectivity index (χ4v) is 1.85. The molecule has 0 fully saturated rings. The molecule has 0 unspecified atom stereocenters. The molecule has 132 valence electrons. The average Bonchev–Trinajstić information content (AvgIpc) is 2.56. The van der Waals surface area contributed by atoms with Crippen molar-refractivity contribution in [2.75, 3.05) is 0 Å². The summed E-state index contributed by atoms with van der Waals surface area (Å²) in [5.74, 6) is -0.741. The largest absolute Gasteiger partial charge is 0.481 e. The van der Waals surface area contributed by atoms with Gasteiger partial charge in [-0.2, -0.15) is 0 Å². The van der Waals surface area contributed by atoms with E-state index >= 15 is 0 Å². The van der Waals surface area contributed by atoms with Gasteiger partial charge in [-0.05, 0) is 44.9 Å². The molecule has 0 aliphatic carbocycles. The van der Waals surface area contributed by atoms with Gasteiger partial charge in [-0.1, -0.05) is 79.8 Å². The highest BCUT2D eigenvalue weighted by Crippen LogP contribution is 1.97. The molecular formula is C22H32O2. The standard InChI is InChI=1S/C22H32O2/c1-2-3-4-5-6-7-8-9-10-11-12-13-14-15-16-17-18-19-20-21-22(23)24/h3-4,6-7,9-10,12-13,15-16,18-19H,2,5,8,11,14,17,20-21H2,1H3,(H,23,24)/b4-3+,7-6-,10-9+,13-12-,16-15-,19-18-. The molecule has 0 saturated carbocycles. The van der Waals surface area contributed by atoms with Gasteiger partial charge in [-0.3, -0.25) is 4.79 Å². The van der Waals surface area contributed by atoms with Crippen LogP contribution in [0, 0.1) is 0 Å². The molecule has 0 spiro atoms. The minimum Gasteiger partial charge on any atom is -0.481 e. The van der Waals surface area contributed by atoms with Gasteiger partial charge in [0.15, 0.2) is 0 Å². The lowest BCUT2D eigenvalue weighted by Gasteiger charge is -1.87. The molecule has 0 saturated heterocycles. The predicted octanol–water partition coefficient (Wildman–Crippen LogP) is 6.55. The summed E-state index contributed by atoms with van der Waals surface area (Å²) in [5, 5.41) is 8.49. The number of carboxylic acid groups (broad SMARTS) is 1. The monoisotopic (exact) mass is 328 g/mol. The second-order valence-corrected chi connectivity index (χ2v) is 5.35. The molecule has 0 radical (unpaired) electrons. The minimum absolute atomic E-state index is 0.210. The Balaban J connectivity index is 3.51. The number of hydrogen-bond donors (Lipinski definition) is 1. The Morgan fingerprint density at radius 3 is 1.29 bits per heavy atom. The number of aliphatic carboxylic acids is 1. The first-order valence-corrected chi connectivity index (χ1v) is 8.89. The van der Waals surface area contributed by atoms with E-state index in [1.807, 2.05) is 12.2 Å². The molecule has 1 N–H and O–H groups in total. The second-order valence-electron chi connectivity index (χ2n) is 5.35. The molecule has 24 heavy (non-hydrogen) atoms. The third kappa shape index (κ3) is 19.9. The van der Waals surface area contributed by atoms with Crippen LogP contribution >= 0.6 is 0 Å². The normalized spacial score (nSPS) is 13.0. The van der Waals surface area contributed by atoms with Gasteiger partial charge in [0.1, 0.15) is 0 Å². The van der Waals surface area contributed by atoms with Crippen LogP contribution in [0.5, 0.6) is 0 Å². The van der Waals surface area contributed by atoms with Gasteiger partial charge < -0.3 is 5.11 Å². The first-order chi connectivity index (χ1) is 11.8. The van der Waals surface area contributed by atoms with Gasteiger partial charge in [-0.15, -0.1) is 0 Å². The van der Waals surface area contributed by atoms with E-state index in [2.05, 4.69) is 67.7 Å². The maximum atomic E-state index is 10.3. The highest BCUT2D eigenvalue weighted by molar-refractivity contribution is 5.66. The molecule has 0 heterocycles. The van der Waals surface area contributed by atoms with E-state index in [0.29, 0.717) is 6.42 Å². The Morgan fingerprint density at radius 2 is 0.958 bits per heavy atom. The first-order valence-electron chi connectivity index (χ1n) is 8.89. The lowest BCUT2D eigenvalue weighted by atomic mass is 10.2. The van der Waals surface area contributed by atoms with Crippen molar-refractivity contribution >= 4 is 5.97 Å². The fourth-order valence-electron chi connectivity index (χ4n) is 1.85. The molecule has 0 aromatic carbocycles. The Bertz CT molecular complexity index is 462. The smallest absolute Gasteiger partial charge is 0.303 e. The van der Waals surface area contributed by atoms with Crippen LogP contribution in [-0.2, 0) is 4.79 Å². The molecule has 0 atom stereocenters. The lowest BCUT2D eigenvalue weighted by Crippen LogP contribution is -1.91. The van der Waals surface area contributed by atoms with Crippen LogP contribution in [0.3, 0.4) is 0 Å². The maximum Gasteiger partial charge on any atom is 0.303 e. The quantitative estimate of drug-likeness (QED) is 0.367. The van der Waals surface area contributed by atoms with Crippen molar-refractivity contribution in [1.82, 2.24) is 0 Å². The predicted molar refractivity (Wildman–Crippen MR) is 105 cm³/mol. The SMILES string of the molecule is CC/C=C/C/C=C\C/C=C/C/C=C\C/C=C\C/C=C\CCC(=O)O. The molecule has 0 aliphatic rings. The third-order valence-corrected chi connectivity index (χ3v) is 3.12. The molecule has 2 nitrogen and oxygen atoms in total. The molecule has 2 heteroatoms. The van der Waals surface area contributed by atoms with Gasteiger partial charge >= 0.3 is 5.97 Å². The van der Waals surface area contributed by atoms with E-state index in [0.717, 1.165) is 38.5 Å². The highest BCUT2D eigenvalue weighted by atomic mass is 16.4. The number of allylic oxidation sites excluding steroid dienone is 12. The summed E-state index contributed by atoms with van der Waals surface area (Å²) in [7, 11) is 0. The van der Waals surface area contributed by atoms with Crippen LogP contribution in [0.1, 0.15) is 58.3 Å². The van der Waals surface area contributed by atoms with Crippen molar-refractivity contribution < 1.29 is 9.90 Å². The zero-order valence-corrected chi connectivity index (χ0v) is 14.9. The van der Waals surface area contributed by atoms with Crippen LogP contribution in [-0.4, -0.2) is 11.1 Å². The van der Waals surface area contributed by atoms with E-state index in [4.69, 9.17) is 5.11 Å². The molecule has 0 aliphatic heterocycles. The summed E-state index contributed by atoms with van der Waals surface area (Å²) < 4.78 is 0. The maximum absolute atomic E-state index is 10.3. The van der Waals surface area contributed by atoms with Crippen molar-refractivity contribution in [3.05, 3.63) is 72.9 Å². The summed E-state index contributed by atoms with van der Waals surface area (Å²) in [6.07, 6.45) is 32.5. The van der Waals surface area contributed by atoms with E-state index in [-0.39, 0.29) is 6.42 Å². The van der Waals surface area contributed by atoms with E-state index in [1.165, 1.54) is 0 Å². The summed E-state index contributed by atoms with van der Waals surface area (Å²) in [6, 6.07) is 0. The van der Waals surface area contributed by atoms with E-state index < -0.39 is 5.97 Å². The van der Waals surface area contributed by atoms with Gasteiger partial charge in [0, 0.05) is 6.42 Å². The molecule has 0 aromatic heterocycles. The van der Waals surface area contributed by atoms with Crippen LogP contribution < -0.4 is 0 Å². The van der Waals surface area contributed by atoms with Gasteiger partial charge in [-0.25, -0.2) is 0 Å². The Hall–Kier alpha value is -2.09. The summed E-state index contributed by atoms with van der Waals surface area (Å²) in [5.41, 5.74) is 0. The minimum atomic E-state index is -0.741. The van der Waals surface area contributed by atoms with Crippen LogP contribution in [0.15, 0.2) is 72.9 Å². The number of carboxylic acids is 1. The molecule has 0 aromatic rings. The summed E-state index contributed by atoms with van der Waals surface area (Å²) in [6.45, 7) is 2.15. The van der Waals surface area contributed by atoms with Gasteiger partial charge in [0.05, 0.1) is 0 Å².